The van der Waals surface area contributed by atoms with Crippen molar-refractivity contribution in [2.45, 2.75) is 0 Å². The first-order valence-electron chi connectivity index (χ1n) is 17.6. The minimum Gasteiger partial charge on any atom is -0.309 e. The molecule has 1 atom stereocenters. The Bertz CT molecular complexity index is 2950. The summed E-state index contributed by atoms with van der Waals surface area (Å²) in [6, 6.07) is 67.4. The number of hydrogen-bond acceptors (Lipinski definition) is 2. The van der Waals surface area contributed by atoms with Gasteiger partial charge >= 0.3 is 0 Å². The van der Waals surface area contributed by atoms with Crippen LogP contribution >= 0.6 is 7.14 Å². The third-order valence-corrected chi connectivity index (χ3v) is 13.6. The van der Waals surface area contributed by atoms with Gasteiger partial charge in [-0.3, -0.25) is 0 Å². The van der Waals surface area contributed by atoms with Crippen molar-refractivity contribution in [3.8, 4) is 22.3 Å². The molecule has 0 saturated carbocycles. The molecule has 52 heavy (non-hydrogen) atoms. The molecule has 10 aromatic rings. The first-order valence-corrected chi connectivity index (χ1v) is 19.4. The molecule has 0 saturated heterocycles. The van der Waals surface area contributed by atoms with Crippen molar-refractivity contribution >= 4 is 77.2 Å². The summed E-state index contributed by atoms with van der Waals surface area (Å²) in [5.41, 5.74) is 6.51. The predicted molar refractivity (Wildman–Crippen MR) is 222 cm³/mol. The third kappa shape index (κ3) is 4.88. The summed E-state index contributed by atoms with van der Waals surface area (Å²) in [5, 5.41) is 11.6. The lowest BCUT2D eigenvalue weighted by Gasteiger charge is -2.21. The van der Waals surface area contributed by atoms with Crippen LogP contribution in [0.15, 0.2) is 194 Å². The van der Waals surface area contributed by atoms with Gasteiger partial charge in [0.15, 0.2) is 7.14 Å². The van der Waals surface area contributed by atoms with E-state index in [0.717, 1.165) is 76.0 Å². The Morgan fingerprint density at radius 2 is 0.846 bits per heavy atom. The van der Waals surface area contributed by atoms with E-state index in [1.165, 1.54) is 16.3 Å². The van der Waals surface area contributed by atoms with Crippen LogP contribution in [0.4, 0.5) is 0 Å². The Hall–Kier alpha value is -6.34. The quantitative estimate of drug-likeness (QED) is 0.103. The van der Waals surface area contributed by atoms with E-state index in [9.17, 15) is 0 Å². The zero-order chi connectivity index (χ0) is 34.6. The van der Waals surface area contributed by atoms with Crippen molar-refractivity contribution in [1.29, 1.82) is 0 Å². The standard InChI is InChI=1S/C49H32NOP/c51-52(40-17-2-1-3-18-40,42-28-23-33-11-4-5-14-38(33)32-42)41-26-21-34(22-27-41)37-15-10-16-39(31-37)47-45-29-24-35-12-6-8-19-43(35)48(45)50-49-44-20-9-7-13-36(44)25-30-46(47)49/h1-32H. The lowest BCUT2D eigenvalue weighted by molar-refractivity contribution is 0.592. The maximum Gasteiger partial charge on any atom is 0.171 e. The number of benzene rings is 9. The van der Waals surface area contributed by atoms with Gasteiger partial charge in [-0.25, -0.2) is 4.98 Å². The van der Waals surface area contributed by atoms with Crippen LogP contribution < -0.4 is 15.9 Å². The minimum absolute atomic E-state index is 0.818. The minimum atomic E-state index is -3.15. The summed E-state index contributed by atoms with van der Waals surface area (Å²) in [6.45, 7) is 0. The molecule has 1 unspecified atom stereocenters. The van der Waals surface area contributed by atoms with Crippen molar-refractivity contribution in [2.24, 2.45) is 0 Å². The van der Waals surface area contributed by atoms with Crippen LogP contribution in [-0.4, -0.2) is 4.98 Å². The van der Waals surface area contributed by atoms with Gasteiger partial charge in [-0.15, -0.1) is 0 Å². The van der Waals surface area contributed by atoms with Gasteiger partial charge in [0.1, 0.15) is 0 Å². The monoisotopic (exact) mass is 681 g/mol. The smallest absolute Gasteiger partial charge is 0.171 e. The Kier molecular flexibility index (Phi) is 7.13. The van der Waals surface area contributed by atoms with Crippen molar-refractivity contribution in [3.63, 3.8) is 0 Å². The zero-order valence-corrected chi connectivity index (χ0v) is 29.2. The van der Waals surface area contributed by atoms with Gasteiger partial charge in [0.2, 0.25) is 0 Å². The van der Waals surface area contributed by atoms with Crippen LogP contribution in [0.3, 0.4) is 0 Å². The van der Waals surface area contributed by atoms with E-state index in [1.54, 1.807) is 0 Å². The summed E-state index contributed by atoms with van der Waals surface area (Å²) < 4.78 is 15.4. The predicted octanol–water partition coefficient (Wildman–Crippen LogP) is 11.8. The Balaban J connectivity index is 1.13. The van der Waals surface area contributed by atoms with Gasteiger partial charge in [0.05, 0.1) is 11.0 Å². The number of fused-ring (bicyclic) bond motifs is 7. The lowest BCUT2D eigenvalue weighted by atomic mass is 9.91. The van der Waals surface area contributed by atoms with E-state index < -0.39 is 7.14 Å². The van der Waals surface area contributed by atoms with Crippen LogP contribution in [-0.2, 0) is 4.57 Å². The van der Waals surface area contributed by atoms with Gasteiger partial charge < -0.3 is 4.57 Å². The van der Waals surface area contributed by atoms with Gasteiger partial charge in [-0.1, -0.05) is 182 Å². The molecule has 9 aromatic carbocycles. The molecule has 0 spiro atoms. The highest BCUT2D eigenvalue weighted by atomic mass is 31.2. The molecule has 3 heteroatoms. The molecule has 0 aliphatic carbocycles. The largest absolute Gasteiger partial charge is 0.309 e. The highest BCUT2D eigenvalue weighted by Gasteiger charge is 2.30. The lowest BCUT2D eigenvalue weighted by Crippen LogP contribution is -2.25. The SMILES string of the molecule is O=P(c1ccccc1)(c1ccc(-c2cccc(-c3c4ccc5ccccc5c4nc4c3ccc3ccccc34)c2)cc1)c1ccc2ccccc2c1. The van der Waals surface area contributed by atoms with Crippen molar-refractivity contribution < 1.29 is 4.57 Å². The second kappa shape index (κ2) is 12.2. The number of nitrogens with zero attached hydrogens (tertiary/aromatic N) is 1. The Labute approximate surface area is 302 Å². The van der Waals surface area contributed by atoms with E-state index in [-0.39, 0.29) is 0 Å². The molecular formula is C49H32NOP. The molecule has 1 heterocycles. The fourth-order valence-corrected chi connectivity index (χ4v) is 10.6. The molecule has 2 nitrogen and oxygen atoms in total. The second-order valence-corrected chi connectivity index (χ2v) is 16.2. The fourth-order valence-electron chi connectivity index (χ4n) is 7.90. The van der Waals surface area contributed by atoms with Gasteiger partial charge in [0, 0.05) is 43.0 Å². The van der Waals surface area contributed by atoms with Crippen LogP contribution in [0.2, 0.25) is 0 Å². The van der Waals surface area contributed by atoms with Crippen LogP contribution in [0.1, 0.15) is 0 Å². The molecular weight excluding hydrogens is 650 g/mol. The molecule has 0 fully saturated rings. The normalized spacial score (nSPS) is 12.8. The zero-order valence-electron chi connectivity index (χ0n) is 28.3. The average Bonchev–Trinajstić information content (AvgIpc) is 3.22. The first kappa shape index (κ1) is 30.5. The van der Waals surface area contributed by atoms with Crippen molar-refractivity contribution in [3.05, 3.63) is 194 Å². The van der Waals surface area contributed by atoms with Crippen molar-refractivity contribution in [1.82, 2.24) is 4.98 Å². The number of hydrogen-bond donors (Lipinski definition) is 0. The van der Waals surface area contributed by atoms with E-state index in [2.05, 4.69) is 146 Å². The van der Waals surface area contributed by atoms with Gasteiger partial charge in [-0.05, 0) is 50.4 Å². The summed E-state index contributed by atoms with van der Waals surface area (Å²) >= 11 is 0. The molecule has 0 bridgehead atoms. The molecule has 244 valence electrons. The van der Waals surface area contributed by atoms with Crippen molar-refractivity contribution in [2.75, 3.05) is 0 Å². The molecule has 0 aliphatic rings. The molecule has 0 amide bonds. The summed E-state index contributed by atoms with van der Waals surface area (Å²) in [6.07, 6.45) is 0. The third-order valence-electron chi connectivity index (χ3n) is 10.5. The Morgan fingerprint density at radius 1 is 0.327 bits per heavy atom. The summed E-state index contributed by atoms with van der Waals surface area (Å²) in [4.78, 5) is 5.37. The van der Waals surface area contributed by atoms with Crippen LogP contribution in [0.5, 0.6) is 0 Å². The van der Waals surface area contributed by atoms with E-state index in [0.29, 0.717) is 0 Å². The summed E-state index contributed by atoms with van der Waals surface area (Å²) in [5.74, 6) is 0. The van der Waals surface area contributed by atoms with Gasteiger partial charge in [-0.2, -0.15) is 0 Å². The molecule has 0 aliphatic heterocycles. The molecule has 0 radical (unpaired) electrons. The van der Waals surface area contributed by atoms with Gasteiger partial charge in [0.25, 0.3) is 0 Å². The maximum atomic E-state index is 15.4. The number of rotatable bonds is 5. The van der Waals surface area contributed by atoms with Crippen LogP contribution in [0.25, 0.3) is 76.4 Å². The number of aromatic nitrogens is 1. The average molecular weight is 682 g/mol. The highest BCUT2D eigenvalue weighted by molar-refractivity contribution is 7.85. The fraction of sp³-hybridized carbons (Fsp3) is 0. The maximum absolute atomic E-state index is 15.4. The highest BCUT2D eigenvalue weighted by Crippen LogP contribution is 2.44. The van der Waals surface area contributed by atoms with E-state index in [1.807, 2.05) is 48.5 Å². The first-order chi connectivity index (χ1) is 25.6. The van der Waals surface area contributed by atoms with E-state index in [4.69, 9.17) is 4.98 Å². The molecule has 0 N–H and O–H groups in total. The Morgan fingerprint density at radius 3 is 1.52 bits per heavy atom. The van der Waals surface area contributed by atoms with E-state index >= 15 is 4.57 Å². The number of pyridine rings is 1. The molecule has 1 aromatic heterocycles. The molecule has 10 rings (SSSR count). The topological polar surface area (TPSA) is 30.0 Å². The van der Waals surface area contributed by atoms with Crippen LogP contribution in [0, 0.1) is 0 Å². The second-order valence-electron chi connectivity index (χ2n) is 13.5. The summed E-state index contributed by atoms with van der Waals surface area (Å²) in [7, 11) is -3.15.